The zero-order chi connectivity index (χ0) is 13.0. The average Bonchev–Trinajstić information content (AvgIpc) is 2.41. The van der Waals surface area contributed by atoms with Gasteiger partial charge in [-0.2, -0.15) is 0 Å². The molecule has 0 aliphatic carbocycles. The lowest BCUT2D eigenvalue weighted by atomic mass is 10.0. The van der Waals surface area contributed by atoms with Gasteiger partial charge in [0.2, 0.25) is 6.41 Å². The molecule has 1 fully saturated rings. The fourth-order valence-corrected chi connectivity index (χ4v) is 2.44. The number of rotatable bonds is 4. The molecule has 3 nitrogen and oxygen atoms in total. The van der Waals surface area contributed by atoms with Crippen molar-refractivity contribution in [2.75, 3.05) is 13.2 Å². The van der Waals surface area contributed by atoms with Crippen LogP contribution in [0.1, 0.15) is 29.5 Å². The minimum atomic E-state index is 0.330. The van der Waals surface area contributed by atoms with E-state index in [9.17, 15) is 4.79 Å². The van der Waals surface area contributed by atoms with Crippen LogP contribution in [0.25, 0.3) is 0 Å². The Morgan fingerprint density at radius 1 is 1.33 bits per heavy atom. The van der Waals surface area contributed by atoms with Crippen LogP contribution in [0.3, 0.4) is 0 Å². The summed E-state index contributed by atoms with van der Waals surface area (Å²) in [7, 11) is 0. The Labute approximate surface area is 109 Å². The van der Waals surface area contributed by atoms with E-state index in [-0.39, 0.29) is 0 Å². The highest BCUT2D eigenvalue weighted by atomic mass is 16.5. The summed E-state index contributed by atoms with van der Waals surface area (Å²) in [5.74, 6) is 0. The second-order valence-electron chi connectivity index (χ2n) is 5.05. The topological polar surface area (TPSA) is 29.5 Å². The lowest BCUT2D eigenvalue weighted by molar-refractivity contribution is -0.122. The Kier molecular flexibility index (Phi) is 4.37. The number of hydrogen-bond acceptors (Lipinski definition) is 2. The van der Waals surface area contributed by atoms with Gasteiger partial charge in [-0.15, -0.1) is 0 Å². The first-order valence-electron chi connectivity index (χ1n) is 6.55. The van der Waals surface area contributed by atoms with E-state index in [1.807, 2.05) is 4.90 Å². The van der Waals surface area contributed by atoms with Crippen LogP contribution in [0.4, 0.5) is 0 Å². The van der Waals surface area contributed by atoms with Crippen molar-refractivity contribution in [3.8, 4) is 0 Å². The summed E-state index contributed by atoms with van der Waals surface area (Å²) in [6.45, 7) is 6.43. The third-order valence-corrected chi connectivity index (χ3v) is 3.65. The first-order valence-corrected chi connectivity index (χ1v) is 6.55. The lowest BCUT2D eigenvalue weighted by Gasteiger charge is -2.31. The summed E-state index contributed by atoms with van der Waals surface area (Å²) in [6.07, 6.45) is 2.88. The van der Waals surface area contributed by atoms with Crippen LogP contribution in [-0.2, 0) is 16.1 Å². The molecule has 0 aromatic heterocycles. The molecule has 0 radical (unpaired) electrons. The maximum absolute atomic E-state index is 11.3. The standard InChI is InChI=1S/C15H21NO2/c1-12-3-4-13(2)14(9-12)10-16(11-17)15-5-7-18-8-6-15/h3-4,9,11,15H,5-8,10H2,1-2H3. The zero-order valence-electron chi connectivity index (χ0n) is 11.2. The number of aryl methyl sites for hydroxylation is 2. The molecule has 0 N–H and O–H groups in total. The van der Waals surface area contributed by atoms with Gasteiger partial charge in [0.05, 0.1) is 0 Å². The van der Waals surface area contributed by atoms with Gasteiger partial charge in [0.25, 0.3) is 0 Å². The third kappa shape index (κ3) is 3.10. The van der Waals surface area contributed by atoms with Gasteiger partial charge in [-0.1, -0.05) is 23.8 Å². The summed E-state index contributed by atoms with van der Waals surface area (Å²) in [6, 6.07) is 6.73. The lowest BCUT2D eigenvalue weighted by Crippen LogP contribution is -2.38. The third-order valence-electron chi connectivity index (χ3n) is 3.65. The highest BCUT2D eigenvalue weighted by Crippen LogP contribution is 2.18. The molecule has 1 aliphatic heterocycles. The van der Waals surface area contributed by atoms with Crippen molar-refractivity contribution in [2.24, 2.45) is 0 Å². The maximum atomic E-state index is 11.3. The number of carbonyl (C=O) groups excluding carboxylic acids is 1. The highest BCUT2D eigenvalue weighted by molar-refractivity contribution is 5.48. The van der Waals surface area contributed by atoms with Gasteiger partial charge in [0.15, 0.2) is 0 Å². The molecule has 1 saturated heterocycles. The molecule has 1 aliphatic rings. The molecule has 1 aromatic carbocycles. The van der Waals surface area contributed by atoms with E-state index >= 15 is 0 Å². The van der Waals surface area contributed by atoms with Gasteiger partial charge < -0.3 is 9.64 Å². The van der Waals surface area contributed by atoms with Gasteiger partial charge in [-0.25, -0.2) is 0 Å². The van der Waals surface area contributed by atoms with Gasteiger partial charge in [0, 0.05) is 25.8 Å². The van der Waals surface area contributed by atoms with E-state index in [2.05, 4.69) is 32.0 Å². The van der Waals surface area contributed by atoms with Crippen LogP contribution in [0.5, 0.6) is 0 Å². The number of carbonyl (C=O) groups is 1. The minimum absolute atomic E-state index is 0.330. The van der Waals surface area contributed by atoms with E-state index in [0.29, 0.717) is 12.6 Å². The number of benzene rings is 1. The van der Waals surface area contributed by atoms with E-state index in [1.54, 1.807) is 0 Å². The highest BCUT2D eigenvalue weighted by Gasteiger charge is 2.20. The molecule has 0 unspecified atom stereocenters. The predicted molar refractivity (Wildman–Crippen MR) is 71.4 cm³/mol. The van der Waals surface area contributed by atoms with Crippen LogP contribution in [0.2, 0.25) is 0 Å². The van der Waals surface area contributed by atoms with Crippen molar-refractivity contribution >= 4 is 6.41 Å². The second-order valence-corrected chi connectivity index (χ2v) is 5.05. The zero-order valence-corrected chi connectivity index (χ0v) is 11.2. The van der Waals surface area contributed by atoms with Crippen molar-refractivity contribution in [1.29, 1.82) is 0 Å². The number of amides is 1. The van der Waals surface area contributed by atoms with Crippen molar-refractivity contribution < 1.29 is 9.53 Å². The van der Waals surface area contributed by atoms with Gasteiger partial charge in [0.1, 0.15) is 0 Å². The van der Waals surface area contributed by atoms with Gasteiger partial charge in [-0.3, -0.25) is 4.79 Å². The first kappa shape index (κ1) is 13.1. The summed E-state index contributed by atoms with van der Waals surface area (Å²) in [4.78, 5) is 13.2. The van der Waals surface area contributed by atoms with E-state index in [1.165, 1.54) is 16.7 Å². The fraction of sp³-hybridized carbons (Fsp3) is 0.533. The Balaban J connectivity index is 2.09. The average molecular weight is 247 g/mol. The second kappa shape index (κ2) is 6.01. The predicted octanol–water partition coefficient (Wildman–Crippen LogP) is 2.44. The molecule has 0 bridgehead atoms. The molecule has 1 heterocycles. The van der Waals surface area contributed by atoms with Crippen LogP contribution in [-0.4, -0.2) is 30.6 Å². The molecular weight excluding hydrogens is 226 g/mol. The first-order chi connectivity index (χ1) is 8.70. The minimum Gasteiger partial charge on any atom is -0.381 e. The molecule has 0 saturated carbocycles. The van der Waals surface area contributed by atoms with Gasteiger partial charge >= 0.3 is 0 Å². The van der Waals surface area contributed by atoms with Crippen molar-refractivity contribution in [2.45, 2.75) is 39.3 Å². The van der Waals surface area contributed by atoms with Crippen LogP contribution in [0, 0.1) is 13.8 Å². The number of hydrogen-bond donors (Lipinski definition) is 0. The largest absolute Gasteiger partial charge is 0.381 e. The maximum Gasteiger partial charge on any atom is 0.210 e. The summed E-state index contributed by atoms with van der Waals surface area (Å²) >= 11 is 0. The molecule has 1 amide bonds. The Morgan fingerprint density at radius 3 is 2.72 bits per heavy atom. The monoisotopic (exact) mass is 247 g/mol. The van der Waals surface area contributed by atoms with E-state index < -0.39 is 0 Å². The normalized spacial score (nSPS) is 16.6. The Hall–Kier alpha value is -1.35. The summed E-state index contributed by atoms with van der Waals surface area (Å²) in [5.41, 5.74) is 3.74. The van der Waals surface area contributed by atoms with Crippen LogP contribution < -0.4 is 0 Å². The Morgan fingerprint density at radius 2 is 2.06 bits per heavy atom. The quantitative estimate of drug-likeness (QED) is 0.765. The van der Waals surface area contributed by atoms with Crippen LogP contribution >= 0.6 is 0 Å². The molecule has 0 atom stereocenters. The summed E-state index contributed by atoms with van der Waals surface area (Å²) in [5, 5.41) is 0. The molecule has 0 spiro atoms. The van der Waals surface area contributed by atoms with Gasteiger partial charge in [-0.05, 0) is 37.8 Å². The molecule has 98 valence electrons. The van der Waals surface area contributed by atoms with Crippen molar-refractivity contribution in [1.82, 2.24) is 4.90 Å². The van der Waals surface area contributed by atoms with Crippen LogP contribution in [0.15, 0.2) is 18.2 Å². The molecule has 18 heavy (non-hydrogen) atoms. The number of ether oxygens (including phenoxy) is 1. The molecule has 3 heteroatoms. The molecule has 1 aromatic rings. The fourth-order valence-electron chi connectivity index (χ4n) is 2.44. The smallest absolute Gasteiger partial charge is 0.210 e. The van der Waals surface area contributed by atoms with E-state index in [0.717, 1.165) is 32.5 Å². The van der Waals surface area contributed by atoms with E-state index in [4.69, 9.17) is 4.74 Å². The SMILES string of the molecule is Cc1ccc(C)c(CN(C=O)C2CCOCC2)c1. The number of nitrogens with zero attached hydrogens (tertiary/aromatic N) is 1. The van der Waals surface area contributed by atoms with Crippen molar-refractivity contribution in [3.63, 3.8) is 0 Å². The molecule has 2 rings (SSSR count). The molecular formula is C15H21NO2. The Bertz CT molecular complexity index is 411. The van der Waals surface area contributed by atoms with Crippen molar-refractivity contribution in [3.05, 3.63) is 34.9 Å². The summed E-state index contributed by atoms with van der Waals surface area (Å²) < 4.78 is 5.34.